The molecule has 3 rings (SSSR count). The minimum Gasteiger partial charge on any atom is -0.391 e. The van der Waals surface area contributed by atoms with Gasteiger partial charge in [-0.3, -0.25) is 4.79 Å². The second kappa shape index (κ2) is 4.85. The van der Waals surface area contributed by atoms with Crippen molar-refractivity contribution in [2.45, 2.75) is 12.5 Å². The molecule has 98 valence electrons. The number of aliphatic hydroxyl groups is 1. The average molecular weight is 257 g/mol. The maximum Gasteiger partial charge on any atom is 0.257 e. The molecule has 1 amide bonds. The largest absolute Gasteiger partial charge is 0.391 e. The Hall–Kier alpha value is -2.14. The Kier molecular flexibility index (Phi) is 3.05. The van der Waals surface area contributed by atoms with Gasteiger partial charge < -0.3 is 10.0 Å². The molecule has 0 radical (unpaired) electrons. The van der Waals surface area contributed by atoms with Crippen LogP contribution in [-0.4, -0.2) is 44.9 Å². The summed E-state index contributed by atoms with van der Waals surface area (Å²) >= 11 is 0. The van der Waals surface area contributed by atoms with Crippen LogP contribution in [0.25, 0.3) is 5.69 Å². The highest BCUT2D eigenvalue weighted by Crippen LogP contribution is 2.14. The van der Waals surface area contributed by atoms with E-state index >= 15 is 0 Å². The number of β-amino-alcohol motifs (C(OH)–C–C–N with tert-alkyl or cyclic N) is 1. The van der Waals surface area contributed by atoms with Gasteiger partial charge in [-0.15, -0.1) is 0 Å². The van der Waals surface area contributed by atoms with Crippen LogP contribution in [0.1, 0.15) is 16.8 Å². The van der Waals surface area contributed by atoms with Gasteiger partial charge in [-0.2, -0.15) is 5.10 Å². The Balaban J connectivity index is 1.80. The van der Waals surface area contributed by atoms with Crippen LogP contribution in [0.3, 0.4) is 0 Å². The molecule has 1 aromatic carbocycles. The zero-order valence-corrected chi connectivity index (χ0v) is 10.4. The third-order valence-corrected chi connectivity index (χ3v) is 3.30. The van der Waals surface area contributed by atoms with Gasteiger partial charge in [0.1, 0.15) is 0 Å². The van der Waals surface area contributed by atoms with Gasteiger partial charge in [0.25, 0.3) is 5.91 Å². The molecule has 1 N–H and O–H groups in total. The number of rotatable bonds is 2. The highest BCUT2D eigenvalue weighted by atomic mass is 16.3. The zero-order chi connectivity index (χ0) is 13.2. The van der Waals surface area contributed by atoms with Crippen LogP contribution >= 0.6 is 0 Å². The summed E-state index contributed by atoms with van der Waals surface area (Å²) in [7, 11) is 0. The average Bonchev–Trinajstić information content (AvgIpc) is 3.08. The van der Waals surface area contributed by atoms with Gasteiger partial charge in [0.15, 0.2) is 0 Å². The van der Waals surface area contributed by atoms with E-state index < -0.39 is 6.10 Å². The van der Waals surface area contributed by atoms with Gasteiger partial charge in [-0.05, 0) is 18.6 Å². The lowest BCUT2D eigenvalue weighted by molar-refractivity contribution is 0.0765. The Morgan fingerprint density at radius 1 is 1.32 bits per heavy atom. The summed E-state index contributed by atoms with van der Waals surface area (Å²) in [6.07, 6.45) is 3.55. The number of hydrogen-bond acceptors (Lipinski definition) is 3. The molecule has 0 saturated carbocycles. The van der Waals surface area contributed by atoms with Crippen molar-refractivity contribution in [1.29, 1.82) is 0 Å². The molecule has 1 unspecified atom stereocenters. The second-order valence-corrected chi connectivity index (χ2v) is 4.70. The number of nitrogens with zero attached hydrogens (tertiary/aromatic N) is 3. The summed E-state index contributed by atoms with van der Waals surface area (Å²) in [5, 5.41) is 13.7. The maximum absolute atomic E-state index is 12.2. The number of amides is 1. The van der Waals surface area contributed by atoms with Crippen molar-refractivity contribution in [2.75, 3.05) is 13.1 Å². The molecule has 5 nitrogen and oxygen atoms in total. The van der Waals surface area contributed by atoms with Gasteiger partial charge >= 0.3 is 0 Å². The van der Waals surface area contributed by atoms with Crippen molar-refractivity contribution < 1.29 is 9.90 Å². The van der Waals surface area contributed by atoms with Crippen molar-refractivity contribution in [2.24, 2.45) is 0 Å². The Labute approximate surface area is 111 Å². The smallest absolute Gasteiger partial charge is 0.257 e. The topological polar surface area (TPSA) is 58.4 Å². The predicted octanol–water partition coefficient (Wildman–Crippen LogP) is 1.08. The molecule has 2 aromatic rings. The molecule has 1 aliphatic heterocycles. The quantitative estimate of drug-likeness (QED) is 0.875. The number of benzene rings is 1. The molecule has 0 bridgehead atoms. The van der Waals surface area contributed by atoms with Crippen molar-refractivity contribution in [3.8, 4) is 5.69 Å². The summed E-state index contributed by atoms with van der Waals surface area (Å²) in [5.41, 5.74) is 1.47. The van der Waals surface area contributed by atoms with Crippen LogP contribution in [0.4, 0.5) is 0 Å². The van der Waals surface area contributed by atoms with Crippen LogP contribution in [0.2, 0.25) is 0 Å². The zero-order valence-electron chi connectivity index (χ0n) is 10.4. The fourth-order valence-corrected chi connectivity index (χ4v) is 2.26. The molecule has 1 fully saturated rings. The molecular weight excluding hydrogens is 242 g/mol. The van der Waals surface area contributed by atoms with Crippen molar-refractivity contribution in [3.05, 3.63) is 48.3 Å². The Morgan fingerprint density at radius 3 is 2.79 bits per heavy atom. The van der Waals surface area contributed by atoms with Crippen molar-refractivity contribution >= 4 is 5.91 Å². The minimum absolute atomic E-state index is 0.0706. The van der Waals surface area contributed by atoms with Gasteiger partial charge in [-0.1, -0.05) is 18.2 Å². The lowest BCUT2D eigenvalue weighted by Crippen LogP contribution is -2.29. The van der Waals surface area contributed by atoms with E-state index in [0.29, 0.717) is 25.1 Å². The molecule has 1 aliphatic rings. The summed E-state index contributed by atoms with van der Waals surface area (Å²) in [5.74, 6) is -0.0706. The number of hydrogen-bond donors (Lipinski definition) is 1. The third-order valence-electron chi connectivity index (χ3n) is 3.30. The van der Waals surface area contributed by atoms with E-state index in [4.69, 9.17) is 0 Å². The lowest BCUT2D eigenvalue weighted by atomic mass is 10.3. The standard InChI is InChI=1S/C14H15N3O2/c18-13-6-7-16(10-13)14(19)11-8-15-17(9-11)12-4-2-1-3-5-12/h1-5,8-9,13,18H,6-7,10H2. The van der Waals surface area contributed by atoms with Crippen LogP contribution < -0.4 is 0 Å². The molecule has 1 aromatic heterocycles. The summed E-state index contributed by atoms with van der Waals surface area (Å²) < 4.78 is 1.68. The van der Waals surface area contributed by atoms with Crippen LogP contribution in [0.15, 0.2) is 42.7 Å². The van der Waals surface area contributed by atoms with E-state index in [9.17, 15) is 9.90 Å². The number of carbonyl (C=O) groups is 1. The van der Waals surface area contributed by atoms with Gasteiger partial charge in [0.2, 0.25) is 0 Å². The number of aromatic nitrogens is 2. The molecule has 2 heterocycles. The molecular formula is C14H15N3O2. The van der Waals surface area contributed by atoms with Crippen molar-refractivity contribution in [3.63, 3.8) is 0 Å². The second-order valence-electron chi connectivity index (χ2n) is 4.70. The van der Waals surface area contributed by atoms with Crippen LogP contribution in [0, 0.1) is 0 Å². The van der Waals surface area contributed by atoms with E-state index in [-0.39, 0.29) is 5.91 Å². The van der Waals surface area contributed by atoms with Gasteiger partial charge in [-0.25, -0.2) is 4.68 Å². The van der Waals surface area contributed by atoms with E-state index in [2.05, 4.69) is 5.10 Å². The summed E-state index contributed by atoms with van der Waals surface area (Å²) in [4.78, 5) is 13.9. The van der Waals surface area contributed by atoms with E-state index in [0.717, 1.165) is 5.69 Å². The first-order valence-corrected chi connectivity index (χ1v) is 6.31. The molecule has 1 saturated heterocycles. The molecule has 5 heteroatoms. The maximum atomic E-state index is 12.2. The number of aliphatic hydroxyl groups excluding tert-OH is 1. The van der Waals surface area contributed by atoms with E-state index in [1.165, 1.54) is 0 Å². The highest BCUT2D eigenvalue weighted by molar-refractivity contribution is 5.94. The van der Waals surface area contributed by atoms with Crippen molar-refractivity contribution in [1.82, 2.24) is 14.7 Å². The monoisotopic (exact) mass is 257 g/mol. The highest BCUT2D eigenvalue weighted by Gasteiger charge is 2.26. The van der Waals surface area contributed by atoms with E-state index in [1.807, 2.05) is 30.3 Å². The number of carbonyl (C=O) groups excluding carboxylic acids is 1. The van der Waals surface area contributed by atoms with E-state index in [1.54, 1.807) is 22.0 Å². The minimum atomic E-state index is -0.395. The fraction of sp³-hybridized carbons (Fsp3) is 0.286. The predicted molar refractivity (Wildman–Crippen MR) is 70.1 cm³/mol. The molecule has 0 aliphatic carbocycles. The molecule has 0 spiro atoms. The lowest BCUT2D eigenvalue weighted by Gasteiger charge is -2.13. The molecule has 1 atom stereocenters. The third kappa shape index (κ3) is 2.37. The normalized spacial score (nSPS) is 18.8. The summed E-state index contributed by atoms with van der Waals surface area (Å²) in [6, 6.07) is 9.65. The SMILES string of the molecule is O=C(c1cnn(-c2ccccc2)c1)N1CCC(O)C1. The van der Waals surface area contributed by atoms with Crippen LogP contribution in [-0.2, 0) is 0 Å². The Bertz CT molecular complexity index is 579. The first-order valence-electron chi connectivity index (χ1n) is 6.31. The van der Waals surface area contributed by atoms with Gasteiger partial charge in [0, 0.05) is 19.3 Å². The van der Waals surface area contributed by atoms with Crippen LogP contribution in [0.5, 0.6) is 0 Å². The Morgan fingerprint density at radius 2 is 2.11 bits per heavy atom. The number of para-hydroxylation sites is 1. The molecule has 19 heavy (non-hydrogen) atoms. The van der Waals surface area contributed by atoms with Gasteiger partial charge in [0.05, 0.1) is 23.6 Å². The summed E-state index contributed by atoms with van der Waals surface area (Å²) in [6.45, 7) is 1.02. The fourth-order valence-electron chi connectivity index (χ4n) is 2.26. The number of likely N-dealkylation sites (tertiary alicyclic amines) is 1. The first-order chi connectivity index (χ1) is 9.24. The first kappa shape index (κ1) is 11.9.